The van der Waals surface area contributed by atoms with Gasteiger partial charge in [0.15, 0.2) is 0 Å². The fraction of sp³-hybridized carbons (Fsp3) is 0.250. The minimum absolute atomic E-state index is 0. The lowest BCUT2D eigenvalue weighted by Crippen LogP contribution is -3.00. The molecule has 2 heteroatoms. The van der Waals surface area contributed by atoms with Crippen LogP contribution in [0, 0.1) is 6.92 Å². The minimum Gasteiger partial charge on any atom is -1.00 e. The molecule has 26 heavy (non-hydrogen) atoms. The van der Waals surface area contributed by atoms with Crippen LogP contribution < -0.4 is 34.6 Å². The lowest BCUT2D eigenvalue weighted by molar-refractivity contribution is -0.00000548. The highest BCUT2D eigenvalue weighted by molar-refractivity contribution is 7.89. The van der Waals surface area contributed by atoms with Crippen LogP contribution >= 0.6 is 7.26 Å². The summed E-state index contributed by atoms with van der Waals surface area (Å²) in [5.41, 5.74) is 2.88. The van der Waals surface area contributed by atoms with Crippen molar-refractivity contribution in [3.63, 3.8) is 0 Å². The van der Waals surface area contributed by atoms with Gasteiger partial charge in [0, 0.05) is 5.41 Å². The fourth-order valence-electron chi connectivity index (χ4n) is 3.73. The van der Waals surface area contributed by atoms with Gasteiger partial charge in [-0.05, 0) is 36.8 Å². The second-order valence-electron chi connectivity index (χ2n) is 7.77. The normalized spacial score (nSPS) is 11.7. The van der Waals surface area contributed by atoms with Gasteiger partial charge in [-0.1, -0.05) is 80.1 Å². The summed E-state index contributed by atoms with van der Waals surface area (Å²) in [6.45, 7) is 9.43. The number of rotatable bonds is 5. The Bertz CT molecular complexity index is 768. The topological polar surface area (TPSA) is 0 Å². The molecular weight excluding hydrogens is 446 g/mol. The van der Waals surface area contributed by atoms with Gasteiger partial charge >= 0.3 is 0 Å². The number of benzene rings is 3. The van der Waals surface area contributed by atoms with E-state index >= 15 is 0 Å². The van der Waals surface area contributed by atoms with Crippen molar-refractivity contribution in [3.8, 4) is 0 Å². The van der Waals surface area contributed by atoms with Crippen LogP contribution in [0.2, 0.25) is 0 Å². The standard InChI is InChI=1S/C24H28P.HI/c1-20-15-17-21(18-16-20)24(2,3)19-25(4,22-11-7-5-8-12-22)23-13-9-6-10-14-23;/h5-18H,19H2,1-4H3;1H/q+1;/p-1. The molecule has 0 heterocycles. The predicted molar refractivity (Wildman–Crippen MR) is 114 cm³/mol. The van der Waals surface area contributed by atoms with Crippen molar-refractivity contribution in [2.75, 3.05) is 12.8 Å². The third-order valence-electron chi connectivity index (χ3n) is 5.20. The summed E-state index contributed by atoms with van der Waals surface area (Å²) in [6.07, 6.45) is 1.16. The molecule has 0 bridgehead atoms. The molecule has 0 saturated heterocycles. The highest BCUT2D eigenvalue weighted by Crippen LogP contribution is 2.56. The molecular formula is C24H28IP. The van der Waals surface area contributed by atoms with Crippen LogP contribution in [0.4, 0.5) is 0 Å². The van der Waals surface area contributed by atoms with Gasteiger partial charge < -0.3 is 24.0 Å². The Balaban J connectivity index is 0.00000243. The van der Waals surface area contributed by atoms with Crippen molar-refractivity contribution in [1.29, 1.82) is 0 Å². The molecule has 0 aliphatic rings. The first-order chi connectivity index (χ1) is 11.9. The van der Waals surface area contributed by atoms with Crippen LogP contribution in [0.15, 0.2) is 84.9 Å². The maximum atomic E-state index is 2.49. The fourth-order valence-corrected chi connectivity index (χ4v) is 7.82. The smallest absolute Gasteiger partial charge is 0.0989 e. The third-order valence-corrected chi connectivity index (χ3v) is 9.50. The van der Waals surface area contributed by atoms with E-state index in [4.69, 9.17) is 0 Å². The van der Waals surface area contributed by atoms with E-state index in [9.17, 15) is 0 Å². The van der Waals surface area contributed by atoms with E-state index in [1.165, 1.54) is 21.7 Å². The Hall–Kier alpha value is -1.18. The van der Waals surface area contributed by atoms with Gasteiger partial charge in [0.05, 0.1) is 30.7 Å². The molecule has 0 aromatic heterocycles. The highest BCUT2D eigenvalue weighted by atomic mass is 127. The van der Waals surface area contributed by atoms with Gasteiger partial charge in [-0.15, -0.1) is 0 Å². The summed E-state index contributed by atoms with van der Waals surface area (Å²) in [5, 5.41) is 2.97. The van der Waals surface area contributed by atoms with Crippen molar-refractivity contribution in [2.45, 2.75) is 26.2 Å². The van der Waals surface area contributed by atoms with Crippen molar-refractivity contribution in [2.24, 2.45) is 0 Å². The summed E-state index contributed by atoms with van der Waals surface area (Å²) in [6, 6.07) is 31.3. The monoisotopic (exact) mass is 474 g/mol. The first-order valence-electron chi connectivity index (χ1n) is 8.96. The van der Waals surface area contributed by atoms with Crippen molar-refractivity contribution < 1.29 is 24.0 Å². The van der Waals surface area contributed by atoms with Crippen LogP contribution in [0.3, 0.4) is 0 Å². The Kier molecular flexibility index (Phi) is 7.05. The van der Waals surface area contributed by atoms with Crippen LogP contribution in [-0.4, -0.2) is 12.8 Å². The molecule has 0 saturated carbocycles. The SMILES string of the molecule is Cc1ccc(C(C)(C)C[P+](C)(c2ccccc2)c2ccccc2)cc1.[I-]. The van der Waals surface area contributed by atoms with E-state index in [1.807, 2.05) is 0 Å². The van der Waals surface area contributed by atoms with Crippen molar-refractivity contribution in [3.05, 3.63) is 96.1 Å². The minimum atomic E-state index is -1.47. The number of hydrogen-bond donors (Lipinski definition) is 0. The van der Waals surface area contributed by atoms with Gasteiger partial charge in [-0.25, -0.2) is 0 Å². The lowest BCUT2D eigenvalue weighted by Gasteiger charge is -2.33. The number of halogens is 1. The largest absolute Gasteiger partial charge is 1.00 e. The molecule has 0 nitrogen and oxygen atoms in total. The summed E-state index contributed by atoms with van der Waals surface area (Å²) in [4.78, 5) is 0. The van der Waals surface area contributed by atoms with Gasteiger partial charge in [0.25, 0.3) is 0 Å². The van der Waals surface area contributed by atoms with Crippen LogP contribution in [0.25, 0.3) is 0 Å². The second-order valence-corrected chi connectivity index (χ2v) is 11.5. The van der Waals surface area contributed by atoms with Gasteiger partial charge in [-0.3, -0.25) is 0 Å². The third kappa shape index (κ3) is 4.56. The maximum absolute atomic E-state index is 2.49. The van der Waals surface area contributed by atoms with Crippen LogP contribution in [0.5, 0.6) is 0 Å². The van der Waals surface area contributed by atoms with Crippen molar-refractivity contribution >= 4 is 17.9 Å². The summed E-state index contributed by atoms with van der Waals surface area (Å²) in [7, 11) is -1.47. The zero-order valence-corrected chi connectivity index (χ0v) is 19.2. The average molecular weight is 474 g/mol. The van der Waals surface area contributed by atoms with E-state index in [2.05, 4.69) is 112 Å². The van der Waals surface area contributed by atoms with Gasteiger partial charge in [0.2, 0.25) is 0 Å². The number of hydrogen-bond acceptors (Lipinski definition) is 0. The van der Waals surface area contributed by atoms with E-state index in [1.54, 1.807) is 0 Å². The molecule has 0 aliphatic heterocycles. The second kappa shape index (κ2) is 8.67. The van der Waals surface area contributed by atoms with E-state index < -0.39 is 7.26 Å². The highest BCUT2D eigenvalue weighted by Gasteiger charge is 2.43. The quantitative estimate of drug-likeness (QED) is 0.394. The molecule has 0 atom stereocenters. The van der Waals surface area contributed by atoms with Crippen molar-refractivity contribution in [1.82, 2.24) is 0 Å². The lowest BCUT2D eigenvalue weighted by atomic mass is 9.86. The maximum Gasteiger partial charge on any atom is 0.0989 e. The molecule has 0 unspecified atom stereocenters. The van der Waals surface area contributed by atoms with E-state index in [0.29, 0.717) is 0 Å². The van der Waals surface area contributed by atoms with Crippen LogP contribution in [-0.2, 0) is 5.41 Å². The Morgan fingerprint density at radius 1 is 0.692 bits per heavy atom. The molecule has 0 radical (unpaired) electrons. The molecule has 3 aromatic carbocycles. The van der Waals surface area contributed by atoms with Gasteiger partial charge in [-0.2, -0.15) is 0 Å². The molecule has 3 aromatic rings. The van der Waals surface area contributed by atoms with Crippen LogP contribution in [0.1, 0.15) is 25.0 Å². The molecule has 0 amide bonds. The summed E-state index contributed by atoms with van der Waals surface area (Å²) in [5.74, 6) is 0. The van der Waals surface area contributed by atoms with E-state index in [-0.39, 0.29) is 29.4 Å². The Morgan fingerprint density at radius 2 is 1.12 bits per heavy atom. The first-order valence-corrected chi connectivity index (χ1v) is 11.4. The zero-order valence-electron chi connectivity index (χ0n) is 16.1. The zero-order chi connectivity index (χ0) is 17.9. The number of aryl methyl sites for hydroxylation is 1. The van der Waals surface area contributed by atoms with E-state index in [0.717, 1.165) is 6.16 Å². The Labute approximate surface area is 176 Å². The first kappa shape index (κ1) is 21.1. The molecule has 136 valence electrons. The molecule has 0 fully saturated rings. The summed E-state index contributed by atoms with van der Waals surface area (Å²) < 4.78 is 0. The average Bonchev–Trinajstić information content (AvgIpc) is 2.63. The predicted octanol–water partition coefficient (Wildman–Crippen LogP) is 2.58. The Morgan fingerprint density at radius 3 is 1.54 bits per heavy atom. The molecule has 0 N–H and O–H groups in total. The molecule has 0 spiro atoms. The van der Waals surface area contributed by atoms with Gasteiger partial charge in [0.1, 0.15) is 0 Å². The molecule has 3 rings (SSSR count). The molecule has 0 aliphatic carbocycles. The summed E-state index contributed by atoms with van der Waals surface area (Å²) >= 11 is 0.